The molecular formula is C15H24BNO3. The number of hydrogen-bond donors (Lipinski definition) is 2. The average Bonchev–Trinajstić information content (AvgIpc) is 2.41. The van der Waals surface area contributed by atoms with E-state index in [1.54, 1.807) is 18.2 Å². The highest BCUT2D eigenvalue weighted by atomic mass is 16.5. The molecule has 1 saturated carbocycles. The number of rotatable bonds is 8. The lowest BCUT2D eigenvalue weighted by Gasteiger charge is -2.31. The molecule has 0 saturated heterocycles. The highest BCUT2D eigenvalue weighted by molar-refractivity contribution is 6.58. The second-order valence-electron chi connectivity index (χ2n) is 5.48. The van der Waals surface area contributed by atoms with Crippen LogP contribution in [0.15, 0.2) is 24.3 Å². The molecule has 0 amide bonds. The van der Waals surface area contributed by atoms with Crippen molar-refractivity contribution in [1.29, 1.82) is 0 Å². The lowest BCUT2D eigenvalue weighted by molar-refractivity contribution is 0.158. The van der Waals surface area contributed by atoms with E-state index in [1.165, 1.54) is 25.8 Å². The van der Waals surface area contributed by atoms with Crippen molar-refractivity contribution < 1.29 is 14.8 Å². The van der Waals surface area contributed by atoms with Crippen molar-refractivity contribution in [2.24, 2.45) is 5.92 Å². The molecule has 0 spiro atoms. The standard InChI is InChI=1S/C15H24BNO3/c1-2-17(12-13-5-3-6-13)9-10-20-15-8-4-7-14(11-15)16(18)19/h4,7-8,11,13,18-19H,2-3,5-6,9-10,12H2,1H3. The number of likely N-dealkylation sites (N-methyl/N-ethyl adjacent to an activating group) is 1. The van der Waals surface area contributed by atoms with E-state index >= 15 is 0 Å². The Hall–Kier alpha value is -1.04. The first-order valence-electron chi connectivity index (χ1n) is 7.50. The molecule has 20 heavy (non-hydrogen) atoms. The Kier molecular flexibility index (Phi) is 5.89. The average molecular weight is 277 g/mol. The Morgan fingerprint density at radius 2 is 2.15 bits per heavy atom. The van der Waals surface area contributed by atoms with Gasteiger partial charge in [-0.2, -0.15) is 0 Å². The van der Waals surface area contributed by atoms with E-state index in [4.69, 9.17) is 14.8 Å². The summed E-state index contributed by atoms with van der Waals surface area (Å²) in [4.78, 5) is 2.43. The molecule has 2 N–H and O–H groups in total. The van der Waals surface area contributed by atoms with Gasteiger partial charge in [-0.05, 0) is 42.9 Å². The van der Waals surface area contributed by atoms with E-state index in [0.717, 1.165) is 19.0 Å². The fraction of sp³-hybridized carbons (Fsp3) is 0.600. The summed E-state index contributed by atoms with van der Waals surface area (Å²) < 4.78 is 5.70. The molecule has 0 radical (unpaired) electrons. The third-order valence-corrected chi connectivity index (χ3v) is 4.02. The first-order chi connectivity index (χ1) is 9.69. The normalized spacial score (nSPS) is 15.2. The molecule has 0 aromatic heterocycles. The smallest absolute Gasteiger partial charge is 0.488 e. The van der Waals surface area contributed by atoms with E-state index in [1.807, 2.05) is 6.07 Å². The first kappa shape index (κ1) is 15.4. The predicted octanol–water partition coefficient (Wildman–Crippen LogP) is 0.867. The summed E-state index contributed by atoms with van der Waals surface area (Å²) in [5, 5.41) is 18.2. The van der Waals surface area contributed by atoms with Crippen molar-refractivity contribution in [3.05, 3.63) is 24.3 Å². The highest BCUT2D eigenvalue weighted by Crippen LogP contribution is 2.26. The van der Waals surface area contributed by atoms with Gasteiger partial charge < -0.3 is 14.8 Å². The van der Waals surface area contributed by atoms with Crippen LogP contribution in [0.5, 0.6) is 5.75 Å². The molecule has 5 heteroatoms. The monoisotopic (exact) mass is 277 g/mol. The van der Waals surface area contributed by atoms with Crippen LogP contribution in [0.4, 0.5) is 0 Å². The SMILES string of the molecule is CCN(CCOc1cccc(B(O)O)c1)CC1CCC1. The fourth-order valence-corrected chi connectivity index (χ4v) is 2.48. The number of hydrogen-bond acceptors (Lipinski definition) is 4. The Bertz CT molecular complexity index is 410. The summed E-state index contributed by atoms with van der Waals surface area (Å²) >= 11 is 0. The van der Waals surface area contributed by atoms with E-state index in [2.05, 4.69) is 11.8 Å². The molecule has 0 unspecified atom stereocenters. The number of nitrogens with zero attached hydrogens (tertiary/aromatic N) is 1. The van der Waals surface area contributed by atoms with Gasteiger partial charge in [0, 0.05) is 13.1 Å². The Balaban J connectivity index is 1.74. The predicted molar refractivity (Wildman–Crippen MR) is 81.2 cm³/mol. The maximum absolute atomic E-state index is 9.12. The number of benzene rings is 1. The summed E-state index contributed by atoms with van der Waals surface area (Å²) in [6, 6.07) is 6.96. The molecule has 1 aliphatic carbocycles. The molecule has 1 aliphatic rings. The van der Waals surface area contributed by atoms with Crippen molar-refractivity contribution in [2.45, 2.75) is 26.2 Å². The van der Waals surface area contributed by atoms with E-state index < -0.39 is 7.12 Å². The molecule has 4 nitrogen and oxygen atoms in total. The van der Waals surface area contributed by atoms with Crippen molar-refractivity contribution in [1.82, 2.24) is 4.90 Å². The van der Waals surface area contributed by atoms with Gasteiger partial charge >= 0.3 is 7.12 Å². The molecule has 1 fully saturated rings. The largest absolute Gasteiger partial charge is 0.492 e. The minimum Gasteiger partial charge on any atom is -0.492 e. The summed E-state index contributed by atoms with van der Waals surface area (Å²) in [5.41, 5.74) is 0.462. The van der Waals surface area contributed by atoms with Crippen LogP contribution in [0.3, 0.4) is 0 Å². The minimum atomic E-state index is -1.44. The van der Waals surface area contributed by atoms with Crippen LogP contribution < -0.4 is 10.2 Å². The van der Waals surface area contributed by atoms with Crippen LogP contribution in [0.2, 0.25) is 0 Å². The molecule has 0 bridgehead atoms. The lowest BCUT2D eigenvalue weighted by atomic mass is 9.80. The van der Waals surface area contributed by atoms with Gasteiger partial charge in [-0.3, -0.25) is 4.90 Å². The van der Waals surface area contributed by atoms with Crippen molar-refractivity contribution in [3.63, 3.8) is 0 Å². The molecule has 0 heterocycles. The third kappa shape index (κ3) is 4.51. The van der Waals surface area contributed by atoms with Crippen LogP contribution in [-0.4, -0.2) is 48.3 Å². The van der Waals surface area contributed by atoms with Crippen LogP contribution >= 0.6 is 0 Å². The second kappa shape index (κ2) is 7.67. The zero-order valence-electron chi connectivity index (χ0n) is 12.2. The summed E-state index contributed by atoms with van der Waals surface area (Å²) in [5.74, 6) is 1.57. The first-order valence-corrected chi connectivity index (χ1v) is 7.50. The Morgan fingerprint density at radius 1 is 1.35 bits per heavy atom. The quantitative estimate of drug-likeness (QED) is 0.692. The van der Waals surface area contributed by atoms with Crippen LogP contribution in [0.25, 0.3) is 0 Å². The molecule has 0 aliphatic heterocycles. The second-order valence-corrected chi connectivity index (χ2v) is 5.48. The fourth-order valence-electron chi connectivity index (χ4n) is 2.48. The van der Waals surface area contributed by atoms with Gasteiger partial charge in [0.1, 0.15) is 12.4 Å². The van der Waals surface area contributed by atoms with E-state index in [9.17, 15) is 0 Å². The summed E-state index contributed by atoms with van der Waals surface area (Å²) in [6.07, 6.45) is 4.12. The Morgan fingerprint density at radius 3 is 2.75 bits per heavy atom. The van der Waals surface area contributed by atoms with Crippen LogP contribution in [-0.2, 0) is 0 Å². The molecule has 1 aromatic rings. The van der Waals surface area contributed by atoms with E-state index in [0.29, 0.717) is 17.8 Å². The van der Waals surface area contributed by atoms with Gasteiger partial charge in [-0.1, -0.05) is 25.5 Å². The third-order valence-electron chi connectivity index (χ3n) is 4.02. The topological polar surface area (TPSA) is 52.9 Å². The molecule has 1 aromatic carbocycles. The van der Waals surface area contributed by atoms with Crippen molar-refractivity contribution in [2.75, 3.05) is 26.2 Å². The van der Waals surface area contributed by atoms with Gasteiger partial charge in [0.15, 0.2) is 0 Å². The molecule has 0 atom stereocenters. The minimum absolute atomic E-state index is 0.462. The zero-order valence-corrected chi connectivity index (χ0v) is 12.2. The number of ether oxygens (including phenoxy) is 1. The molecule has 2 rings (SSSR count). The van der Waals surface area contributed by atoms with Crippen LogP contribution in [0.1, 0.15) is 26.2 Å². The van der Waals surface area contributed by atoms with Crippen molar-refractivity contribution >= 4 is 12.6 Å². The maximum Gasteiger partial charge on any atom is 0.488 e. The molecular weight excluding hydrogens is 253 g/mol. The lowest BCUT2D eigenvalue weighted by Crippen LogP contribution is -2.35. The maximum atomic E-state index is 9.12. The Labute approximate surface area is 121 Å². The van der Waals surface area contributed by atoms with Gasteiger partial charge in [0.2, 0.25) is 0 Å². The summed E-state index contributed by atoms with van der Waals surface area (Å²) in [7, 11) is -1.44. The van der Waals surface area contributed by atoms with Gasteiger partial charge in [-0.15, -0.1) is 0 Å². The van der Waals surface area contributed by atoms with Crippen molar-refractivity contribution in [3.8, 4) is 5.75 Å². The summed E-state index contributed by atoms with van der Waals surface area (Å²) in [6.45, 7) is 5.95. The van der Waals surface area contributed by atoms with Gasteiger partial charge in [0.05, 0.1) is 0 Å². The molecule has 110 valence electrons. The van der Waals surface area contributed by atoms with Gasteiger partial charge in [-0.25, -0.2) is 0 Å². The van der Waals surface area contributed by atoms with E-state index in [-0.39, 0.29) is 0 Å². The van der Waals surface area contributed by atoms with Gasteiger partial charge in [0.25, 0.3) is 0 Å². The zero-order chi connectivity index (χ0) is 14.4. The highest BCUT2D eigenvalue weighted by Gasteiger charge is 2.19. The van der Waals surface area contributed by atoms with Crippen LogP contribution in [0, 0.1) is 5.92 Å².